The Bertz CT molecular complexity index is 864. The van der Waals surface area contributed by atoms with Gasteiger partial charge >= 0.3 is 0 Å². The Morgan fingerprint density at radius 3 is 2.27 bits per heavy atom. The fraction of sp³-hybridized carbons (Fsp3) is 0.571. The van der Waals surface area contributed by atoms with Gasteiger partial charge in [-0.3, -0.25) is 24.2 Å². The van der Waals surface area contributed by atoms with Gasteiger partial charge in [-0.05, 0) is 57.0 Å². The van der Waals surface area contributed by atoms with Crippen LogP contribution in [0.25, 0.3) is 0 Å². The highest BCUT2D eigenvalue weighted by Crippen LogP contribution is 2.35. The molecule has 7 nitrogen and oxygen atoms in total. The molecule has 30 heavy (non-hydrogen) atoms. The van der Waals surface area contributed by atoms with Crippen molar-refractivity contribution in [2.24, 2.45) is 5.73 Å². The summed E-state index contributed by atoms with van der Waals surface area (Å²) in [5.41, 5.74) is 5.64. The third-order valence-electron chi connectivity index (χ3n) is 6.77. The molecule has 0 bridgehead atoms. The summed E-state index contributed by atoms with van der Waals surface area (Å²) in [6.45, 7) is 2.88. The molecule has 0 aliphatic carbocycles. The monoisotopic (exact) mass is 452 g/mol. The summed E-state index contributed by atoms with van der Waals surface area (Å²) in [5.74, 6) is -0.801. The SMILES string of the molecule is NC(=O)C1(N2CCCCC2)CCN([C@H]2CC(=O)N(c3ccc(Cl)c(Cl)c3)C2=O)CC1. The largest absolute Gasteiger partial charge is 0.368 e. The zero-order chi connectivity index (χ0) is 21.5. The molecule has 1 atom stereocenters. The predicted octanol–water partition coefficient (Wildman–Crippen LogP) is 2.43. The van der Waals surface area contributed by atoms with E-state index < -0.39 is 11.6 Å². The molecule has 0 aromatic heterocycles. The number of halogens is 2. The second-order valence-corrected chi connectivity index (χ2v) is 9.18. The van der Waals surface area contributed by atoms with Crippen LogP contribution in [-0.4, -0.2) is 65.3 Å². The summed E-state index contributed by atoms with van der Waals surface area (Å²) >= 11 is 12.0. The van der Waals surface area contributed by atoms with Gasteiger partial charge in [0.2, 0.25) is 11.8 Å². The fourth-order valence-electron chi connectivity index (χ4n) is 5.04. The van der Waals surface area contributed by atoms with Crippen LogP contribution in [0.15, 0.2) is 18.2 Å². The topological polar surface area (TPSA) is 87.0 Å². The minimum absolute atomic E-state index is 0.117. The van der Waals surface area contributed by atoms with Crippen molar-refractivity contribution in [3.8, 4) is 0 Å². The number of amides is 3. The number of carbonyl (C=O) groups is 3. The summed E-state index contributed by atoms with van der Waals surface area (Å²) in [4.78, 5) is 43.6. The molecule has 0 spiro atoms. The first kappa shape index (κ1) is 21.6. The van der Waals surface area contributed by atoms with E-state index in [0.717, 1.165) is 25.9 Å². The van der Waals surface area contributed by atoms with Crippen LogP contribution >= 0.6 is 23.2 Å². The van der Waals surface area contributed by atoms with Gasteiger partial charge in [0.05, 0.1) is 28.2 Å². The molecule has 4 rings (SSSR count). The Kier molecular flexibility index (Phi) is 6.08. The summed E-state index contributed by atoms with van der Waals surface area (Å²) in [7, 11) is 0. The minimum atomic E-state index is -0.647. The van der Waals surface area contributed by atoms with Gasteiger partial charge in [0, 0.05) is 13.1 Å². The van der Waals surface area contributed by atoms with Crippen molar-refractivity contribution in [1.29, 1.82) is 0 Å². The summed E-state index contributed by atoms with van der Waals surface area (Å²) in [6.07, 6.45) is 4.60. The van der Waals surface area contributed by atoms with Crippen molar-refractivity contribution in [2.75, 3.05) is 31.1 Å². The highest BCUT2D eigenvalue weighted by atomic mass is 35.5. The van der Waals surface area contributed by atoms with Crippen LogP contribution in [0, 0.1) is 0 Å². The van der Waals surface area contributed by atoms with Gasteiger partial charge in [-0.15, -0.1) is 0 Å². The maximum Gasteiger partial charge on any atom is 0.251 e. The molecule has 2 N–H and O–H groups in total. The number of hydrogen-bond acceptors (Lipinski definition) is 5. The molecule has 3 aliphatic heterocycles. The Morgan fingerprint density at radius 2 is 1.67 bits per heavy atom. The number of benzene rings is 1. The van der Waals surface area contributed by atoms with Crippen LogP contribution in [-0.2, 0) is 14.4 Å². The van der Waals surface area contributed by atoms with Crippen LogP contribution in [0.2, 0.25) is 10.0 Å². The highest BCUT2D eigenvalue weighted by molar-refractivity contribution is 6.42. The molecule has 1 aromatic rings. The molecular formula is C21H26Cl2N4O3. The molecular weight excluding hydrogens is 427 g/mol. The lowest BCUT2D eigenvalue weighted by atomic mass is 9.83. The number of anilines is 1. The van der Waals surface area contributed by atoms with Gasteiger partial charge < -0.3 is 5.73 Å². The number of carbonyl (C=O) groups excluding carboxylic acids is 3. The van der Waals surface area contributed by atoms with Crippen molar-refractivity contribution < 1.29 is 14.4 Å². The van der Waals surface area contributed by atoms with E-state index in [4.69, 9.17) is 28.9 Å². The third-order valence-corrected chi connectivity index (χ3v) is 7.51. The van der Waals surface area contributed by atoms with E-state index in [1.807, 2.05) is 4.90 Å². The molecule has 3 saturated heterocycles. The molecule has 1 aromatic carbocycles. The standard InChI is InChI=1S/C21H26Cl2N4O3/c22-15-5-4-14(12-16(15)23)27-18(28)13-17(19(27)29)25-10-6-21(7-11-25,20(24)30)26-8-2-1-3-9-26/h4-5,12,17H,1-3,6-11,13H2,(H2,24,30)/t17-/m0/s1. The maximum atomic E-state index is 13.1. The Hall–Kier alpha value is -1.67. The van der Waals surface area contributed by atoms with Gasteiger partial charge in [-0.2, -0.15) is 0 Å². The van der Waals surface area contributed by atoms with Crippen molar-refractivity contribution in [3.05, 3.63) is 28.2 Å². The highest BCUT2D eigenvalue weighted by Gasteiger charge is 2.49. The minimum Gasteiger partial charge on any atom is -0.368 e. The van der Waals surface area contributed by atoms with E-state index in [1.165, 1.54) is 17.4 Å². The van der Waals surface area contributed by atoms with Gasteiger partial charge in [0.15, 0.2) is 0 Å². The number of primary amides is 1. The Morgan fingerprint density at radius 1 is 1.00 bits per heavy atom. The molecule has 0 radical (unpaired) electrons. The number of hydrogen-bond donors (Lipinski definition) is 1. The summed E-state index contributed by atoms with van der Waals surface area (Å²) in [5, 5.41) is 0.663. The fourth-order valence-corrected chi connectivity index (χ4v) is 5.33. The number of imide groups is 1. The quantitative estimate of drug-likeness (QED) is 0.708. The third kappa shape index (κ3) is 3.73. The molecule has 3 heterocycles. The average Bonchev–Trinajstić information content (AvgIpc) is 3.04. The smallest absolute Gasteiger partial charge is 0.251 e. The van der Waals surface area contributed by atoms with Crippen LogP contribution in [0.4, 0.5) is 5.69 Å². The van der Waals surface area contributed by atoms with Crippen molar-refractivity contribution in [1.82, 2.24) is 9.80 Å². The maximum absolute atomic E-state index is 13.1. The first-order valence-corrected chi connectivity index (χ1v) is 11.2. The van der Waals surface area contributed by atoms with Gasteiger partial charge in [0.1, 0.15) is 5.54 Å². The second kappa shape index (κ2) is 8.46. The van der Waals surface area contributed by atoms with E-state index in [0.29, 0.717) is 41.7 Å². The molecule has 0 saturated carbocycles. The lowest BCUT2D eigenvalue weighted by Crippen LogP contribution is -2.64. The zero-order valence-electron chi connectivity index (χ0n) is 16.8. The van der Waals surface area contributed by atoms with Crippen LogP contribution < -0.4 is 10.6 Å². The van der Waals surface area contributed by atoms with Gasteiger partial charge in [0.25, 0.3) is 5.91 Å². The van der Waals surface area contributed by atoms with Crippen molar-refractivity contribution >= 4 is 46.6 Å². The van der Waals surface area contributed by atoms with E-state index in [1.54, 1.807) is 12.1 Å². The number of rotatable bonds is 4. The number of piperidine rings is 2. The van der Waals surface area contributed by atoms with Gasteiger partial charge in [-0.1, -0.05) is 29.6 Å². The molecule has 3 amide bonds. The number of likely N-dealkylation sites (tertiary alicyclic amines) is 2. The Balaban J connectivity index is 1.48. The van der Waals surface area contributed by atoms with E-state index in [9.17, 15) is 14.4 Å². The summed E-state index contributed by atoms with van der Waals surface area (Å²) < 4.78 is 0. The molecule has 3 fully saturated rings. The molecule has 162 valence electrons. The van der Waals surface area contributed by atoms with Gasteiger partial charge in [-0.25, -0.2) is 4.90 Å². The first-order chi connectivity index (χ1) is 14.3. The predicted molar refractivity (Wildman–Crippen MR) is 116 cm³/mol. The van der Waals surface area contributed by atoms with Crippen molar-refractivity contribution in [2.45, 2.75) is 50.1 Å². The second-order valence-electron chi connectivity index (χ2n) is 8.37. The van der Waals surface area contributed by atoms with Crippen LogP contribution in [0.3, 0.4) is 0 Å². The van der Waals surface area contributed by atoms with E-state index in [2.05, 4.69) is 4.90 Å². The first-order valence-electron chi connectivity index (χ1n) is 10.4. The summed E-state index contributed by atoms with van der Waals surface area (Å²) in [6, 6.07) is 4.21. The molecule has 3 aliphatic rings. The van der Waals surface area contributed by atoms with E-state index >= 15 is 0 Å². The van der Waals surface area contributed by atoms with Crippen LogP contribution in [0.1, 0.15) is 38.5 Å². The van der Waals surface area contributed by atoms with E-state index in [-0.39, 0.29) is 24.1 Å². The molecule has 0 unspecified atom stereocenters. The number of nitrogens with zero attached hydrogens (tertiary/aromatic N) is 3. The average molecular weight is 453 g/mol. The Labute approximate surface area is 186 Å². The number of nitrogens with two attached hydrogens (primary N) is 1. The normalized spacial score (nSPS) is 25.7. The zero-order valence-corrected chi connectivity index (χ0v) is 18.3. The van der Waals surface area contributed by atoms with Crippen LogP contribution in [0.5, 0.6) is 0 Å². The lowest BCUT2D eigenvalue weighted by molar-refractivity contribution is -0.136. The van der Waals surface area contributed by atoms with Crippen molar-refractivity contribution in [3.63, 3.8) is 0 Å². The lowest BCUT2D eigenvalue weighted by Gasteiger charge is -2.48. The molecule has 9 heteroatoms.